The molecule has 4 N–H and O–H groups in total. The number of allylic oxidation sites excluding steroid dienone is 2. The van der Waals surface area contributed by atoms with Crippen molar-refractivity contribution in [1.29, 1.82) is 0 Å². The number of amides is 2. The molecule has 0 fully saturated rings. The summed E-state index contributed by atoms with van der Waals surface area (Å²) in [6.07, 6.45) is 3.80. The zero-order valence-corrected chi connectivity index (χ0v) is 9.64. The molecule has 4 nitrogen and oxygen atoms in total. The summed E-state index contributed by atoms with van der Waals surface area (Å²) in [4.78, 5) is 23.4. The van der Waals surface area contributed by atoms with E-state index in [1.807, 2.05) is 24.3 Å². The van der Waals surface area contributed by atoms with Gasteiger partial charge < -0.3 is 11.5 Å². The first kappa shape index (κ1) is 10.8. The van der Waals surface area contributed by atoms with E-state index in [1.165, 1.54) is 0 Å². The highest BCUT2D eigenvalue weighted by molar-refractivity contribution is 6.06. The Hall–Kier alpha value is -2.36. The summed E-state index contributed by atoms with van der Waals surface area (Å²) >= 11 is 0. The van der Waals surface area contributed by atoms with Crippen LogP contribution in [0.1, 0.15) is 17.5 Å². The van der Waals surface area contributed by atoms with Crippen LogP contribution in [0.2, 0.25) is 0 Å². The fraction of sp³-hybridized carbons (Fsp3) is 0.143. The molecule has 0 spiro atoms. The van der Waals surface area contributed by atoms with Crippen molar-refractivity contribution in [2.24, 2.45) is 11.5 Å². The minimum atomic E-state index is -0.952. The smallest absolute Gasteiger partial charge is 0.245 e. The number of primary amides is 2. The van der Waals surface area contributed by atoms with Gasteiger partial charge in [-0.3, -0.25) is 9.59 Å². The average Bonchev–Trinajstić information content (AvgIpc) is 2.33. The Labute approximate surface area is 104 Å². The molecular weight excluding hydrogens is 228 g/mol. The minimum absolute atomic E-state index is 0.247. The molecule has 18 heavy (non-hydrogen) atoms. The van der Waals surface area contributed by atoms with Crippen LogP contribution in [0.25, 0.3) is 5.57 Å². The summed E-state index contributed by atoms with van der Waals surface area (Å²) in [6.45, 7) is 0. The third kappa shape index (κ3) is 1.20. The van der Waals surface area contributed by atoms with Crippen molar-refractivity contribution in [3.63, 3.8) is 0 Å². The topological polar surface area (TPSA) is 86.2 Å². The Morgan fingerprint density at radius 3 is 2.33 bits per heavy atom. The van der Waals surface area contributed by atoms with Gasteiger partial charge >= 0.3 is 0 Å². The summed E-state index contributed by atoms with van der Waals surface area (Å²) in [6, 6.07) is 7.52. The summed E-state index contributed by atoms with van der Waals surface area (Å²) < 4.78 is 0. The number of carbonyl (C=O) groups is 2. The highest BCUT2D eigenvalue weighted by Crippen LogP contribution is 2.43. The lowest BCUT2D eigenvalue weighted by atomic mass is 9.68. The molecule has 90 valence electrons. The van der Waals surface area contributed by atoms with Gasteiger partial charge in [0.2, 0.25) is 11.8 Å². The van der Waals surface area contributed by atoms with E-state index in [4.69, 9.17) is 11.5 Å². The lowest BCUT2D eigenvalue weighted by molar-refractivity contribution is -0.122. The van der Waals surface area contributed by atoms with E-state index >= 15 is 0 Å². The maximum atomic E-state index is 11.9. The number of benzene rings is 1. The Morgan fingerprint density at radius 2 is 1.78 bits per heavy atom. The predicted molar refractivity (Wildman–Crippen MR) is 67.2 cm³/mol. The van der Waals surface area contributed by atoms with Crippen LogP contribution in [0.5, 0.6) is 0 Å². The molecule has 6 rings (SSSR count). The molecule has 4 heteroatoms. The Kier molecular flexibility index (Phi) is 1.99. The second-order valence-electron chi connectivity index (χ2n) is 4.68. The first-order chi connectivity index (χ1) is 8.54. The van der Waals surface area contributed by atoms with Gasteiger partial charge in [0, 0.05) is 12.0 Å². The lowest BCUT2D eigenvalue weighted by Gasteiger charge is -2.34. The molecule has 1 aromatic rings. The summed E-state index contributed by atoms with van der Waals surface area (Å²) in [5, 5.41) is 0. The third-order valence-corrected chi connectivity index (χ3v) is 3.76. The molecule has 5 aliphatic carbocycles. The molecule has 0 saturated carbocycles. The number of hydrogen-bond acceptors (Lipinski definition) is 2. The number of carbonyl (C=O) groups excluding carboxylic acids is 2. The van der Waals surface area contributed by atoms with E-state index < -0.39 is 17.2 Å². The normalized spacial score (nSPS) is 24.0. The van der Waals surface area contributed by atoms with Crippen molar-refractivity contribution in [1.82, 2.24) is 0 Å². The highest BCUT2D eigenvalue weighted by Gasteiger charge is 2.42. The fourth-order valence-electron chi connectivity index (χ4n) is 2.71. The first-order valence-electron chi connectivity index (χ1n) is 5.67. The van der Waals surface area contributed by atoms with Gasteiger partial charge in [0.05, 0.1) is 5.41 Å². The first-order valence-corrected chi connectivity index (χ1v) is 5.67. The van der Waals surface area contributed by atoms with E-state index in [0.717, 1.165) is 16.7 Å². The molecule has 1 unspecified atom stereocenters. The molecule has 0 aliphatic heterocycles. The van der Waals surface area contributed by atoms with Gasteiger partial charge in [0.25, 0.3) is 0 Å². The van der Waals surface area contributed by atoms with Crippen molar-refractivity contribution < 1.29 is 9.59 Å². The van der Waals surface area contributed by atoms with Gasteiger partial charge in [0.15, 0.2) is 0 Å². The zero-order valence-electron chi connectivity index (χ0n) is 9.64. The monoisotopic (exact) mass is 240 g/mol. The van der Waals surface area contributed by atoms with Crippen molar-refractivity contribution in [3.05, 3.63) is 53.1 Å². The Morgan fingerprint density at radius 1 is 1.11 bits per heavy atom. The number of rotatable bonds is 2. The van der Waals surface area contributed by atoms with Crippen LogP contribution in [0.3, 0.4) is 0 Å². The lowest BCUT2D eigenvalue weighted by Crippen LogP contribution is -2.43. The van der Waals surface area contributed by atoms with Crippen LogP contribution in [-0.4, -0.2) is 11.8 Å². The second kappa shape index (κ2) is 3.32. The van der Waals surface area contributed by atoms with Gasteiger partial charge in [-0.15, -0.1) is 0 Å². The fourth-order valence-corrected chi connectivity index (χ4v) is 2.71. The quantitative estimate of drug-likeness (QED) is 0.794. The average molecular weight is 240 g/mol. The van der Waals surface area contributed by atoms with Crippen molar-refractivity contribution in [2.75, 3.05) is 0 Å². The van der Waals surface area contributed by atoms with Crippen LogP contribution in [-0.2, 0) is 15.0 Å². The van der Waals surface area contributed by atoms with E-state index in [9.17, 15) is 9.59 Å². The Balaban J connectivity index is 2.37. The molecule has 0 aromatic heterocycles. The predicted octanol–water partition coefficient (Wildman–Crippen LogP) is 0.622. The van der Waals surface area contributed by atoms with Crippen LogP contribution in [0.15, 0.2) is 42.0 Å². The number of nitrogens with two attached hydrogens (primary N) is 2. The molecule has 2 amide bonds. The second-order valence-corrected chi connectivity index (χ2v) is 4.68. The maximum Gasteiger partial charge on any atom is 0.245 e. The van der Waals surface area contributed by atoms with Gasteiger partial charge in [0.1, 0.15) is 0 Å². The SMILES string of the molecule is NC(=O)C1=C2C=CC(C(N)=O)(C1)c1ccc2cc1. The zero-order chi connectivity index (χ0) is 12.9. The van der Waals surface area contributed by atoms with Crippen molar-refractivity contribution >= 4 is 17.4 Å². The summed E-state index contributed by atoms with van der Waals surface area (Å²) in [5.41, 5.74) is 13.0. The molecule has 1 aromatic carbocycles. The number of hydrogen-bond donors (Lipinski definition) is 2. The summed E-state index contributed by atoms with van der Waals surface area (Å²) in [7, 11) is 0. The van der Waals surface area contributed by atoms with Gasteiger partial charge in [-0.25, -0.2) is 0 Å². The molecule has 0 saturated heterocycles. The molecule has 1 atom stereocenters. The van der Waals surface area contributed by atoms with Crippen LogP contribution < -0.4 is 11.5 Å². The van der Waals surface area contributed by atoms with Gasteiger partial charge in [-0.1, -0.05) is 36.4 Å². The van der Waals surface area contributed by atoms with Gasteiger partial charge in [-0.05, 0) is 16.7 Å². The largest absolute Gasteiger partial charge is 0.369 e. The molecule has 0 heterocycles. The molecular formula is C14H12N2O2. The van der Waals surface area contributed by atoms with E-state index in [-0.39, 0.29) is 6.42 Å². The van der Waals surface area contributed by atoms with E-state index in [1.54, 1.807) is 12.2 Å². The van der Waals surface area contributed by atoms with Crippen LogP contribution >= 0.6 is 0 Å². The van der Waals surface area contributed by atoms with Crippen molar-refractivity contribution in [3.8, 4) is 0 Å². The van der Waals surface area contributed by atoms with E-state index in [0.29, 0.717) is 5.57 Å². The standard InChI is InChI=1S/C14H12N2O2/c15-12(17)11-7-14(13(16)18)6-5-10(11)8-1-3-9(14)4-2-8/h1-6H,7H2,(H2,15,17)(H2,16,18). The molecule has 5 aliphatic rings. The van der Waals surface area contributed by atoms with Crippen LogP contribution in [0.4, 0.5) is 0 Å². The summed E-state index contributed by atoms with van der Waals surface area (Å²) in [5.74, 6) is -0.964. The van der Waals surface area contributed by atoms with Crippen LogP contribution in [0, 0.1) is 0 Å². The highest BCUT2D eigenvalue weighted by atomic mass is 16.1. The van der Waals surface area contributed by atoms with Gasteiger partial charge in [-0.2, -0.15) is 0 Å². The molecule has 4 bridgehead atoms. The Bertz CT molecular complexity index is 626. The minimum Gasteiger partial charge on any atom is -0.369 e. The van der Waals surface area contributed by atoms with Crippen molar-refractivity contribution in [2.45, 2.75) is 11.8 Å². The third-order valence-electron chi connectivity index (χ3n) is 3.76. The van der Waals surface area contributed by atoms with E-state index in [2.05, 4.69) is 0 Å². The molecule has 0 radical (unpaired) electrons. The maximum absolute atomic E-state index is 11.9.